The lowest BCUT2D eigenvalue weighted by Gasteiger charge is -2.45. The Kier molecular flexibility index (Phi) is 28.0. The zero-order valence-corrected chi connectivity index (χ0v) is 61.1. The van der Waals surface area contributed by atoms with Gasteiger partial charge >= 0.3 is 12.4 Å². The van der Waals surface area contributed by atoms with E-state index in [0.717, 1.165) is 34.0 Å². The second-order valence-corrected chi connectivity index (χ2v) is 31.0. The first-order valence-corrected chi connectivity index (χ1v) is 36.8. The second-order valence-electron chi connectivity index (χ2n) is 31.0. The Labute approximate surface area is 589 Å². The fourth-order valence-electron chi connectivity index (χ4n) is 16.7. The second kappa shape index (κ2) is 34.5. The third kappa shape index (κ3) is 19.3. The maximum absolute atomic E-state index is 15.5. The highest BCUT2D eigenvalue weighted by atomic mass is 19.4. The van der Waals surface area contributed by atoms with Crippen molar-refractivity contribution in [2.75, 3.05) is 61.9 Å². The summed E-state index contributed by atoms with van der Waals surface area (Å²) in [4.78, 5) is 174. The van der Waals surface area contributed by atoms with Crippen LogP contribution in [0.4, 0.5) is 35.1 Å². The van der Waals surface area contributed by atoms with Gasteiger partial charge in [0.1, 0.15) is 72.1 Å². The van der Waals surface area contributed by atoms with E-state index >= 15 is 28.0 Å². The zero-order valence-electron chi connectivity index (χ0n) is 61.1. The summed E-state index contributed by atoms with van der Waals surface area (Å²) in [5.74, 6) is -14.7. The number of amides is 11. The van der Waals surface area contributed by atoms with Crippen LogP contribution in [0.25, 0.3) is 0 Å². The molecular formula is C71H111F8N11O11. The van der Waals surface area contributed by atoms with E-state index in [1.54, 1.807) is 20.9 Å². The lowest BCUT2D eigenvalue weighted by Crippen LogP contribution is -2.65. The Bertz CT molecular complexity index is 2950. The molecule has 30 heteroatoms. The molecule has 7 aliphatic rings. The van der Waals surface area contributed by atoms with Crippen LogP contribution in [0.3, 0.4) is 0 Å². The van der Waals surface area contributed by atoms with Crippen LogP contribution in [-0.4, -0.2) is 251 Å². The summed E-state index contributed by atoms with van der Waals surface area (Å²) < 4.78 is 114. The first-order valence-electron chi connectivity index (χ1n) is 36.8. The number of fused-ring (bicyclic) bond motifs is 2. The van der Waals surface area contributed by atoms with Gasteiger partial charge in [-0.05, 0) is 153 Å². The van der Waals surface area contributed by atoms with E-state index in [1.807, 2.05) is 20.8 Å². The predicted octanol–water partition coefficient (Wildman–Crippen LogP) is 7.49. The molecule has 12 atom stereocenters. The molecule has 4 aliphatic carbocycles. The molecule has 11 amide bonds. The molecule has 7 rings (SSSR count). The van der Waals surface area contributed by atoms with Crippen LogP contribution in [-0.2, 0) is 52.7 Å². The molecule has 0 bridgehead atoms. The summed E-state index contributed by atoms with van der Waals surface area (Å²) in [5.41, 5.74) is -1.58. The summed E-state index contributed by atoms with van der Waals surface area (Å²) in [7, 11) is 8.43. The van der Waals surface area contributed by atoms with Crippen molar-refractivity contribution in [2.45, 2.75) is 280 Å². The third-order valence-electron chi connectivity index (χ3n) is 23.6. The fourth-order valence-corrected chi connectivity index (χ4v) is 16.7. The standard InChI is InChI=1S/C71H111F8N11O11/c1-13-41(4)58-66(99)85(9)43(6)62(95)90-33-29-52(90)65(98)87(11)54(38-44-23-26-47(27-24-44)70(74,75)76)64(97)83(7)39-55(91)80-50(28-25-45-36-48(72)57(49(73)37-45)71(77,78)79)63(96)89-32-19-22-51(89)61(94)82-69(30-17-18-31-69)68(101)88(12)59(46-20-15-14-16-21-46)67(100)84(8)42(5)35-56(92)86(10)53(34-40(2)3)60(93)81-58/h40-54,57-59H,13-39H2,1-12H3,(H,80,91)(H,81,93)(H,82,94)/t41-,42+,43-,44?,45?,47?,48?,49?,50-,51-,52-,53-,54-,57?,58-,59-/m0/s1. The van der Waals surface area contributed by atoms with Crippen molar-refractivity contribution in [3.63, 3.8) is 0 Å². The van der Waals surface area contributed by atoms with Crippen molar-refractivity contribution in [3.05, 3.63) is 0 Å². The van der Waals surface area contributed by atoms with E-state index in [4.69, 9.17) is 0 Å². The molecule has 2 unspecified atom stereocenters. The number of hydrogen-bond acceptors (Lipinski definition) is 11. The van der Waals surface area contributed by atoms with Gasteiger partial charge in [-0.1, -0.05) is 66.2 Å². The summed E-state index contributed by atoms with van der Waals surface area (Å²) in [6.45, 7) is 9.58. The number of nitrogens with one attached hydrogen (secondary N) is 3. The van der Waals surface area contributed by atoms with E-state index in [9.17, 15) is 59.9 Å². The van der Waals surface area contributed by atoms with Crippen LogP contribution in [0.15, 0.2) is 0 Å². The van der Waals surface area contributed by atoms with Gasteiger partial charge in [0.2, 0.25) is 65.0 Å². The maximum atomic E-state index is 15.5. The Morgan fingerprint density at radius 1 is 0.554 bits per heavy atom. The molecule has 3 N–H and O–H groups in total. The van der Waals surface area contributed by atoms with Gasteiger partial charge in [-0.25, -0.2) is 8.78 Å². The van der Waals surface area contributed by atoms with E-state index in [0.29, 0.717) is 32.1 Å². The SMILES string of the molecule is CC[C@H](C)[C@@H]1NC(=O)[C@H](CC(C)C)N(C)C(=O)C[C@@H](C)N(C)C(=O)[C@H](C2CCCCC2)N(C)C(=O)C2(CCCC2)NC(=O)[C@@H]2CCCN2C(=O)[C@H](CCC2CC(F)C(C(F)(F)F)C(F)C2)NC(=O)CN(C)C(=O)[C@H](CC2CCC(C(F)(F)F)CC2)N(C)C(=O)[C@@H]2CCN2C(=O)[C@H](C)N(C)C1=O. The Morgan fingerprint density at radius 2 is 1.16 bits per heavy atom. The van der Waals surface area contributed by atoms with Gasteiger partial charge in [0.15, 0.2) is 0 Å². The summed E-state index contributed by atoms with van der Waals surface area (Å²) in [6.07, 6.45) is -12.1. The number of rotatable bonds is 10. The van der Waals surface area contributed by atoms with Crippen LogP contribution >= 0.6 is 0 Å². The largest absolute Gasteiger partial charge is 0.397 e. The van der Waals surface area contributed by atoms with E-state index in [2.05, 4.69) is 16.0 Å². The number of halogens is 8. The maximum Gasteiger partial charge on any atom is 0.397 e. The average molecular weight is 1450 g/mol. The lowest BCUT2D eigenvalue weighted by atomic mass is 9.76. The topological polar surface area (TPSA) is 250 Å². The van der Waals surface area contributed by atoms with Gasteiger partial charge < -0.3 is 55.1 Å². The van der Waals surface area contributed by atoms with Crippen molar-refractivity contribution in [3.8, 4) is 0 Å². The number of carbonyl (C=O) groups is 11. The molecule has 3 saturated heterocycles. The Hall–Kier alpha value is -6.39. The number of carbonyl (C=O) groups excluding carboxylic acids is 11. The fraction of sp³-hybridized carbons (Fsp3) is 0.845. The molecule has 4 saturated carbocycles. The summed E-state index contributed by atoms with van der Waals surface area (Å²) in [6, 6.07) is -11.0. The van der Waals surface area contributed by atoms with Gasteiger partial charge in [0, 0.05) is 67.8 Å². The molecule has 0 aromatic heterocycles. The van der Waals surface area contributed by atoms with Gasteiger partial charge in [0.05, 0.1) is 12.5 Å². The molecule has 7 fully saturated rings. The minimum Gasteiger partial charge on any atom is -0.343 e. The van der Waals surface area contributed by atoms with Crippen molar-refractivity contribution in [1.29, 1.82) is 0 Å². The van der Waals surface area contributed by atoms with Gasteiger partial charge in [0.25, 0.3) is 0 Å². The molecule has 22 nitrogen and oxygen atoms in total. The normalized spacial score (nSPS) is 33.2. The third-order valence-corrected chi connectivity index (χ3v) is 23.6. The zero-order chi connectivity index (χ0) is 75.1. The van der Waals surface area contributed by atoms with Gasteiger partial charge in [-0.2, -0.15) is 26.3 Å². The average Bonchev–Trinajstić information content (AvgIpc) is 1.75. The molecule has 0 aromatic carbocycles. The van der Waals surface area contributed by atoms with Crippen LogP contribution in [0.2, 0.25) is 0 Å². The lowest BCUT2D eigenvalue weighted by molar-refractivity contribution is -0.219. The molecule has 1 spiro atoms. The van der Waals surface area contributed by atoms with E-state index in [1.165, 1.54) is 66.7 Å². The molecule has 0 aromatic rings. The van der Waals surface area contributed by atoms with Crippen molar-refractivity contribution in [1.82, 2.24) is 55.1 Å². The monoisotopic (exact) mass is 1450 g/mol. The highest BCUT2D eigenvalue weighted by Crippen LogP contribution is 2.45. The van der Waals surface area contributed by atoms with Crippen LogP contribution in [0.1, 0.15) is 196 Å². The minimum atomic E-state index is -5.18. The molecule has 572 valence electrons. The Morgan fingerprint density at radius 3 is 1.71 bits per heavy atom. The highest BCUT2D eigenvalue weighted by Gasteiger charge is 2.55. The molecule has 0 radical (unpaired) electrons. The van der Waals surface area contributed by atoms with Gasteiger partial charge in [-0.15, -0.1) is 0 Å². The smallest absolute Gasteiger partial charge is 0.343 e. The minimum absolute atomic E-state index is 0.0220. The predicted molar refractivity (Wildman–Crippen MR) is 357 cm³/mol. The number of hydrogen-bond donors (Lipinski definition) is 3. The Balaban J connectivity index is 1.26. The van der Waals surface area contributed by atoms with Crippen molar-refractivity contribution in [2.24, 2.45) is 41.4 Å². The number of likely N-dealkylation sites (N-methyl/N-ethyl adjacent to an activating group) is 6. The summed E-state index contributed by atoms with van der Waals surface area (Å²) >= 11 is 0. The number of alkyl halides is 8. The molecule has 101 heavy (non-hydrogen) atoms. The van der Waals surface area contributed by atoms with Crippen LogP contribution in [0.5, 0.6) is 0 Å². The first-order chi connectivity index (χ1) is 47.2. The first kappa shape index (κ1) is 81.9. The van der Waals surface area contributed by atoms with Crippen LogP contribution in [0, 0.1) is 41.4 Å². The van der Waals surface area contributed by atoms with Gasteiger partial charge in [-0.3, -0.25) is 52.7 Å². The summed E-state index contributed by atoms with van der Waals surface area (Å²) in [5, 5.41) is 8.54. The quantitative estimate of drug-likeness (QED) is 0.181. The molecule has 3 heterocycles. The number of nitrogens with zero attached hydrogens (tertiary/aromatic N) is 8. The van der Waals surface area contributed by atoms with E-state index < -0.39 is 205 Å². The molecule has 3 aliphatic heterocycles. The molecular weight excluding hydrogens is 1330 g/mol. The van der Waals surface area contributed by atoms with Crippen molar-refractivity contribution >= 4 is 65.0 Å². The highest BCUT2D eigenvalue weighted by molar-refractivity contribution is 6.00. The van der Waals surface area contributed by atoms with Crippen molar-refractivity contribution < 1.29 is 87.9 Å². The van der Waals surface area contributed by atoms with Crippen LogP contribution < -0.4 is 16.0 Å². The van der Waals surface area contributed by atoms with E-state index in [-0.39, 0.29) is 108 Å².